The molecule has 4 atom stereocenters. The minimum absolute atomic E-state index is 0.359. The summed E-state index contributed by atoms with van der Waals surface area (Å²) in [6.07, 6.45) is 5.06. The van der Waals surface area contributed by atoms with Gasteiger partial charge in [0, 0.05) is 12.6 Å². The maximum Gasteiger partial charge on any atom is 0.122 e. The number of rotatable bonds is 7. The van der Waals surface area contributed by atoms with Gasteiger partial charge in [-0.05, 0) is 48.6 Å². The molecule has 0 radical (unpaired) electrons. The molecule has 0 unspecified atom stereocenters. The first-order valence-corrected chi connectivity index (χ1v) is 8.76. The van der Waals surface area contributed by atoms with Crippen LogP contribution in [0, 0.1) is 11.8 Å². The van der Waals surface area contributed by atoms with E-state index in [0.29, 0.717) is 25.1 Å². The Bertz CT molecular complexity index is 488. The lowest BCUT2D eigenvalue weighted by molar-refractivity contribution is 0.103. The highest BCUT2D eigenvalue weighted by Crippen LogP contribution is 2.54. The number of hydrogen-bond donors (Lipinski definition) is 2. The van der Waals surface area contributed by atoms with Gasteiger partial charge in [0.1, 0.15) is 18.5 Å². The number of ether oxygens (including phenoxy) is 1. The van der Waals surface area contributed by atoms with E-state index in [2.05, 4.69) is 37.4 Å². The molecule has 2 fully saturated rings. The van der Waals surface area contributed by atoms with Crippen molar-refractivity contribution in [1.82, 2.24) is 5.32 Å². The van der Waals surface area contributed by atoms with Crippen molar-refractivity contribution in [2.45, 2.75) is 57.6 Å². The number of aliphatic hydroxyl groups is 1. The van der Waals surface area contributed by atoms with Gasteiger partial charge >= 0.3 is 0 Å². The van der Waals surface area contributed by atoms with E-state index in [4.69, 9.17) is 4.74 Å². The molecule has 0 spiro atoms. The van der Waals surface area contributed by atoms with Crippen LogP contribution in [0.2, 0.25) is 0 Å². The van der Waals surface area contributed by atoms with Crippen molar-refractivity contribution in [3.8, 4) is 5.75 Å². The van der Waals surface area contributed by atoms with Crippen LogP contribution < -0.4 is 10.1 Å². The Hall–Kier alpha value is -1.06. The van der Waals surface area contributed by atoms with Crippen LogP contribution in [0.25, 0.3) is 0 Å². The fourth-order valence-electron chi connectivity index (χ4n) is 4.16. The van der Waals surface area contributed by atoms with Crippen molar-refractivity contribution in [3.05, 3.63) is 29.8 Å². The topological polar surface area (TPSA) is 41.5 Å². The summed E-state index contributed by atoms with van der Waals surface area (Å²) in [5.74, 6) is 3.43. The number of nitrogens with one attached hydrogen (secondary N) is 1. The Morgan fingerprint density at radius 1 is 1.23 bits per heavy atom. The van der Waals surface area contributed by atoms with E-state index in [1.165, 1.54) is 31.2 Å². The molecular formula is C19H29NO2. The fraction of sp³-hybridized carbons (Fsp3) is 0.684. The first kappa shape index (κ1) is 15.8. The molecule has 0 saturated heterocycles. The highest BCUT2D eigenvalue weighted by Gasteiger charge is 2.41. The van der Waals surface area contributed by atoms with Crippen LogP contribution in [0.1, 0.15) is 51.0 Å². The average Bonchev–Trinajstić information content (AvgIpc) is 3.14. The first-order chi connectivity index (χ1) is 10.6. The minimum atomic E-state index is -0.463. The third-order valence-corrected chi connectivity index (χ3v) is 5.25. The van der Waals surface area contributed by atoms with Gasteiger partial charge in [-0.25, -0.2) is 0 Å². The number of fused-ring (bicyclic) bond motifs is 2. The normalized spacial score (nSPS) is 28.3. The summed E-state index contributed by atoms with van der Waals surface area (Å²) in [6, 6.07) is 8.81. The second-order valence-electron chi connectivity index (χ2n) is 7.35. The van der Waals surface area contributed by atoms with E-state index >= 15 is 0 Å². The van der Waals surface area contributed by atoms with E-state index in [9.17, 15) is 5.11 Å². The molecule has 2 saturated carbocycles. The summed E-state index contributed by atoms with van der Waals surface area (Å²) in [5.41, 5.74) is 1.36. The van der Waals surface area contributed by atoms with Gasteiger partial charge in [-0.1, -0.05) is 38.5 Å². The molecule has 1 aromatic rings. The van der Waals surface area contributed by atoms with E-state index in [1.54, 1.807) is 0 Å². The van der Waals surface area contributed by atoms with E-state index in [0.717, 1.165) is 17.6 Å². The predicted octanol–water partition coefficient (Wildman–Crippen LogP) is 3.33. The molecule has 2 aliphatic carbocycles. The summed E-state index contributed by atoms with van der Waals surface area (Å²) in [7, 11) is 0. The molecule has 122 valence electrons. The van der Waals surface area contributed by atoms with Crippen LogP contribution in [0.5, 0.6) is 5.75 Å². The van der Waals surface area contributed by atoms with Gasteiger partial charge < -0.3 is 15.2 Å². The number of hydrogen-bond acceptors (Lipinski definition) is 3. The average molecular weight is 303 g/mol. The van der Waals surface area contributed by atoms with E-state index < -0.39 is 6.10 Å². The van der Waals surface area contributed by atoms with Crippen LogP contribution in [0.4, 0.5) is 0 Å². The Morgan fingerprint density at radius 2 is 2.05 bits per heavy atom. The monoisotopic (exact) mass is 303 g/mol. The Labute approximate surface area is 134 Å². The van der Waals surface area contributed by atoms with Crippen molar-refractivity contribution in [1.29, 1.82) is 0 Å². The third-order valence-electron chi connectivity index (χ3n) is 5.25. The van der Waals surface area contributed by atoms with Crippen LogP contribution in [-0.4, -0.2) is 30.4 Å². The zero-order valence-corrected chi connectivity index (χ0v) is 13.8. The lowest BCUT2D eigenvalue weighted by Crippen LogP contribution is -2.35. The molecule has 3 rings (SSSR count). The summed E-state index contributed by atoms with van der Waals surface area (Å²) >= 11 is 0. The number of para-hydroxylation sites is 1. The second-order valence-corrected chi connectivity index (χ2v) is 7.35. The van der Waals surface area contributed by atoms with Crippen molar-refractivity contribution in [2.75, 3.05) is 13.2 Å². The second kappa shape index (κ2) is 7.01. The molecule has 2 N–H and O–H groups in total. The quantitative estimate of drug-likeness (QED) is 0.812. The maximum atomic E-state index is 10.0. The fourth-order valence-corrected chi connectivity index (χ4v) is 4.16. The van der Waals surface area contributed by atoms with Crippen LogP contribution in [-0.2, 0) is 0 Å². The van der Waals surface area contributed by atoms with Crippen molar-refractivity contribution >= 4 is 0 Å². The lowest BCUT2D eigenvalue weighted by Gasteiger charge is -2.25. The summed E-state index contributed by atoms with van der Waals surface area (Å²) < 4.78 is 5.96. The highest BCUT2D eigenvalue weighted by atomic mass is 16.5. The zero-order valence-electron chi connectivity index (χ0n) is 13.8. The summed E-state index contributed by atoms with van der Waals surface area (Å²) in [5, 5.41) is 13.3. The van der Waals surface area contributed by atoms with Crippen molar-refractivity contribution in [3.63, 3.8) is 0 Å². The number of aliphatic hydroxyl groups excluding tert-OH is 1. The molecule has 1 aromatic carbocycles. The summed E-state index contributed by atoms with van der Waals surface area (Å²) in [6.45, 7) is 5.10. The Kier molecular flexibility index (Phi) is 5.04. The molecular weight excluding hydrogens is 274 g/mol. The molecule has 3 heteroatoms. The third kappa shape index (κ3) is 3.64. The van der Waals surface area contributed by atoms with E-state index in [-0.39, 0.29) is 0 Å². The standard InChI is InChI=1S/C19H29NO2/c1-13(2)20-11-16(21)12-22-19-6-4-3-5-17(19)18-10-14-7-8-15(18)9-14/h3-6,13-16,18,20-21H,7-12H2,1-2H3/t14-,15-,16-,18-/m0/s1. The Balaban J connectivity index is 1.60. The molecule has 22 heavy (non-hydrogen) atoms. The van der Waals surface area contributed by atoms with Crippen LogP contribution in [0.15, 0.2) is 24.3 Å². The molecule has 0 amide bonds. The Morgan fingerprint density at radius 3 is 2.73 bits per heavy atom. The van der Waals surface area contributed by atoms with Gasteiger partial charge in [-0.2, -0.15) is 0 Å². The molecule has 3 nitrogen and oxygen atoms in total. The van der Waals surface area contributed by atoms with Crippen molar-refractivity contribution in [2.24, 2.45) is 11.8 Å². The molecule has 0 heterocycles. The smallest absolute Gasteiger partial charge is 0.122 e. The summed E-state index contributed by atoms with van der Waals surface area (Å²) in [4.78, 5) is 0. The molecule has 0 aromatic heterocycles. The predicted molar refractivity (Wildman–Crippen MR) is 89.3 cm³/mol. The largest absolute Gasteiger partial charge is 0.491 e. The van der Waals surface area contributed by atoms with Crippen LogP contribution in [0.3, 0.4) is 0 Å². The van der Waals surface area contributed by atoms with Gasteiger partial charge in [0.15, 0.2) is 0 Å². The van der Waals surface area contributed by atoms with Gasteiger partial charge in [-0.3, -0.25) is 0 Å². The highest BCUT2D eigenvalue weighted by molar-refractivity contribution is 5.38. The van der Waals surface area contributed by atoms with Crippen molar-refractivity contribution < 1.29 is 9.84 Å². The maximum absolute atomic E-state index is 10.0. The zero-order chi connectivity index (χ0) is 15.5. The molecule has 0 aliphatic heterocycles. The molecule has 2 aliphatic rings. The number of benzene rings is 1. The SMILES string of the molecule is CC(C)NC[C@H](O)COc1ccccc1[C@H]1C[C@H]2CC[C@H]1C2. The van der Waals surface area contributed by atoms with E-state index in [1.807, 2.05) is 6.07 Å². The van der Waals surface area contributed by atoms with Gasteiger partial charge in [0.25, 0.3) is 0 Å². The lowest BCUT2D eigenvalue weighted by atomic mass is 9.83. The van der Waals surface area contributed by atoms with Gasteiger partial charge in [0.2, 0.25) is 0 Å². The van der Waals surface area contributed by atoms with Gasteiger partial charge in [0.05, 0.1) is 0 Å². The first-order valence-electron chi connectivity index (χ1n) is 8.76. The van der Waals surface area contributed by atoms with Gasteiger partial charge in [-0.15, -0.1) is 0 Å². The molecule has 2 bridgehead atoms. The minimum Gasteiger partial charge on any atom is -0.491 e. The van der Waals surface area contributed by atoms with Crippen LogP contribution >= 0.6 is 0 Å².